The van der Waals surface area contributed by atoms with E-state index in [1.165, 1.54) is 5.56 Å². The van der Waals surface area contributed by atoms with E-state index >= 15 is 0 Å². The van der Waals surface area contributed by atoms with Crippen LogP contribution in [-0.4, -0.2) is 29.5 Å². The Hall–Kier alpha value is -1.71. The molecule has 0 aliphatic rings. The summed E-state index contributed by atoms with van der Waals surface area (Å²) in [5.41, 5.74) is 2.46. The SMILES string of the molecule is CCN(CC)C(CNC(C)c1ccccn1)c1ccccc1. The second-order valence-electron chi connectivity index (χ2n) is 5.53. The van der Waals surface area contributed by atoms with Crippen molar-refractivity contribution in [1.29, 1.82) is 0 Å². The van der Waals surface area contributed by atoms with Crippen molar-refractivity contribution in [3.63, 3.8) is 0 Å². The van der Waals surface area contributed by atoms with Gasteiger partial charge in [0.25, 0.3) is 0 Å². The summed E-state index contributed by atoms with van der Waals surface area (Å²) in [6.07, 6.45) is 1.85. The number of pyridine rings is 1. The monoisotopic (exact) mass is 297 g/mol. The molecule has 0 spiro atoms. The topological polar surface area (TPSA) is 28.2 Å². The summed E-state index contributed by atoms with van der Waals surface area (Å²) < 4.78 is 0. The van der Waals surface area contributed by atoms with E-state index in [0.717, 1.165) is 25.3 Å². The first-order valence-electron chi connectivity index (χ1n) is 8.19. The molecule has 118 valence electrons. The summed E-state index contributed by atoms with van der Waals surface area (Å²) in [7, 11) is 0. The summed E-state index contributed by atoms with van der Waals surface area (Å²) in [6, 6.07) is 17.5. The highest BCUT2D eigenvalue weighted by molar-refractivity contribution is 5.19. The van der Waals surface area contributed by atoms with E-state index in [1.807, 2.05) is 18.3 Å². The summed E-state index contributed by atoms with van der Waals surface area (Å²) in [4.78, 5) is 6.93. The first-order valence-corrected chi connectivity index (χ1v) is 8.19. The molecule has 0 bridgehead atoms. The van der Waals surface area contributed by atoms with Gasteiger partial charge < -0.3 is 5.32 Å². The van der Waals surface area contributed by atoms with Crippen LogP contribution in [0.25, 0.3) is 0 Å². The lowest BCUT2D eigenvalue weighted by Crippen LogP contribution is -2.36. The molecule has 3 nitrogen and oxygen atoms in total. The van der Waals surface area contributed by atoms with Crippen LogP contribution in [0.1, 0.15) is 44.1 Å². The van der Waals surface area contributed by atoms with Gasteiger partial charge in [-0.3, -0.25) is 9.88 Å². The van der Waals surface area contributed by atoms with E-state index in [0.29, 0.717) is 6.04 Å². The normalized spacial score (nSPS) is 14.0. The van der Waals surface area contributed by atoms with Crippen LogP contribution in [0.2, 0.25) is 0 Å². The van der Waals surface area contributed by atoms with Gasteiger partial charge in [0.1, 0.15) is 0 Å². The van der Waals surface area contributed by atoms with Crippen LogP contribution >= 0.6 is 0 Å². The molecule has 22 heavy (non-hydrogen) atoms. The molecule has 2 unspecified atom stereocenters. The van der Waals surface area contributed by atoms with Gasteiger partial charge in [-0.05, 0) is 37.7 Å². The van der Waals surface area contributed by atoms with E-state index in [1.54, 1.807) is 0 Å². The quantitative estimate of drug-likeness (QED) is 0.803. The smallest absolute Gasteiger partial charge is 0.0570 e. The third-order valence-electron chi connectivity index (χ3n) is 4.19. The predicted molar refractivity (Wildman–Crippen MR) is 92.8 cm³/mol. The summed E-state index contributed by atoms with van der Waals surface area (Å²) >= 11 is 0. The van der Waals surface area contributed by atoms with Crippen LogP contribution in [-0.2, 0) is 0 Å². The molecule has 1 aromatic heterocycles. The van der Waals surface area contributed by atoms with Gasteiger partial charge in [0.05, 0.1) is 5.69 Å². The van der Waals surface area contributed by atoms with Crippen LogP contribution < -0.4 is 5.32 Å². The molecule has 1 N–H and O–H groups in total. The number of hydrogen-bond donors (Lipinski definition) is 1. The highest BCUT2D eigenvalue weighted by Gasteiger charge is 2.18. The largest absolute Gasteiger partial charge is 0.307 e. The molecule has 1 heterocycles. The van der Waals surface area contributed by atoms with Crippen LogP contribution in [0.4, 0.5) is 0 Å². The first kappa shape index (κ1) is 16.7. The molecule has 0 radical (unpaired) electrons. The Bertz CT molecular complexity index is 523. The number of likely N-dealkylation sites (N-methyl/N-ethyl adjacent to an activating group) is 1. The molecular formula is C19H27N3. The molecule has 0 saturated heterocycles. The second-order valence-corrected chi connectivity index (χ2v) is 5.53. The van der Waals surface area contributed by atoms with Gasteiger partial charge >= 0.3 is 0 Å². The van der Waals surface area contributed by atoms with Gasteiger partial charge in [-0.2, -0.15) is 0 Å². The van der Waals surface area contributed by atoms with Gasteiger partial charge in [0.2, 0.25) is 0 Å². The number of aromatic nitrogens is 1. The first-order chi connectivity index (χ1) is 10.8. The van der Waals surface area contributed by atoms with Crippen molar-refractivity contribution in [3.05, 3.63) is 66.0 Å². The Morgan fingerprint density at radius 3 is 2.27 bits per heavy atom. The molecule has 0 aliphatic heterocycles. The number of nitrogens with one attached hydrogen (secondary N) is 1. The molecule has 0 aliphatic carbocycles. The number of nitrogens with zero attached hydrogens (tertiary/aromatic N) is 2. The number of hydrogen-bond acceptors (Lipinski definition) is 3. The Labute approximate surface area is 134 Å². The highest BCUT2D eigenvalue weighted by Crippen LogP contribution is 2.20. The lowest BCUT2D eigenvalue weighted by molar-refractivity contribution is 0.209. The maximum absolute atomic E-state index is 4.44. The van der Waals surface area contributed by atoms with Crippen molar-refractivity contribution >= 4 is 0 Å². The van der Waals surface area contributed by atoms with Gasteiger partial charge in [-0.1, -0.05) is 50.2 Å². The molecule has 0 saturated carbocycles. The van der Waals surface area contributed by atoms with Crippen LogP contribution in [0.15, 0.2) is 54.7 Å². The van der Waals surface area contributed by atoms with E-state index in [-0.39, 0.29) is 6.04 Å². The summed E-state index contributed by atoms with van der Waals surface area (Å²) in [6.45, 7) is 9.64. The minimum Gasteiger partial charge on any atom is -0.307 e. The highest BCUT2D eigenvalue weighted by atomic mass is 15.2. The van der Waals surface area contributed by atoms with Gasteiger partial charge in [0, 0.05) is 24.8 Å². The predicted octanol–water partition coefficient (Wildman–Crippen LogP) is 3.82. The van der Waals surface area contributed by atoms with Crippen molar-refractivity contribution in [3.8, 4) is 0 Å². The summed E-state index contributed by atoms with van der Waals surface area (Å²) in [5.74, 6) is 0. The zero-order valence-electron chi connectivity index (χ0n) is 13.9. The van der Waals surface area contributed by atoms with Crippen LogP contribution in [0.5, 0.6) is 0 Å². The van der Waals surface area contributed by atoms with Crippen molar-refractivity contribution < 1.29 is 0 Å². The Kier molecular flexibility index (Phi) is 6.56. The van der Waals surface area contributed by atoms with Crippen molar-refractivity contribution in [1.82, 2.24) is 15.2 Å². The molecule has 0 amide bonds. The Balaban J connectivity index is 2.07. The summed E-state index contributed by atoms with van der Waals surface area (Å²) in [5, 5.41) is 3.64. The fourth-order valence-electron chi connectivity index (χ4n) is 2.82. The maximum Gasteiger partial charge on any atom is 0.0570 e. The van der Waals surface area contributed by atoms with Crippen molar-refractivity contribution in [2.75, 3.05) is 19.6 Å². The minimum absolute atomic E-state index is 0.253. The lowest BCUT2D eigenvalue weighted by atomic mass is 10.0. The van der Waals surface area contributed by atoms with E-state index < -0.39 is 0 Å². The lowest BCUT2D eigenvalue weighted by Gasteiger charge is -2.31. The molecule has 2 atom stereocenters. The van der Waals surface area contributed by atoms with Gasteiger partial charge in [-0.25, -0.2) is 0 Å². The Morgan fingerprint density at radius 1 is 1.00 bits per heavy atom. The third-order valence-corrected chi connectivity index (χ3v) is 4.19. The van der Waals surface area contributed by atoms with Crippen LogP contribution in [0.3, 0.4) is 0 Å². The van der Waals surface area contributed by atoms with Crippen LogP contribution in [0, 0.1) is 0 Å². The van der Waals surface area contributed by atoms with E-state index in [2.05, 4.69) is 72.4 Å². The van der Waals surface area contributed by atoms with Gasteiger partial charge in [0.15, 0.2) is 0 Å². The second kappa shape index (κ2) is 8.66. The zero-order chi connectivity index (χ0) is 15.8. The average Bonchev–Trinajstić information content (AvgIpc) is 2.60. The van der Waals surface area contributed by atoms with Crippen molar-refractivity contribution in [2.45, 2.75) is 32.9 Å². The maximum atomic E-state index is 4.44. The van der Waals surface area contributed by atoms with Gasteiger partial charge in [-0.15, -0.1) is 0 Å². The van der Waals surface area contributed by atoms with E-state index in [4.69, 9.17) is 0 Å². The molecule has 1 aromatic carbocycles. The van der Waals surface area contributed by atoms with E-state index in [9.17, 15) is 0 Å². The zero-order valence-corrected chi connectivity index (χ0v) is 13.9. The number of rotatable bonds is 8. The molecule has 3 heteroatoms. The van der Waals surface area contributed by atoms with Crippen molar-refractivity contribution in [2.24, 2.45) is 0 Å². The molecule has 0 fully saturated rings. The third kappa shape index (κ3) is 4.39. The fraction of sp³-hybridized carbons (Fsp3) is 0.421. The molecular weight excluding hydrogens is 270 g/mol. The standard InChI is InChI=1S/C19H27N3/c1-4-22(5-2)19(17-11-7-6-8-12-17)15-21-16(3)18-13-9-10-14-20-18/h6-14,16,19,21H,4-5,15H2,1-3H3. The Morgan fingerprint density at radius 2 is 1.68 bits per heavy atom. The minimum atomic E-state index is 0.253. The fourth-order valence-corrected chi connectivity index (χ4v) is 2.82. The molecule has 2 rings (SSSR count). The number of benzene rings is 1. The average molecular weight is 297 g/mol. The molecule has 2 aromatic rings.